The van der Waals surface area contributed by atoms with Crippen molar-refractivity contribution in [3.63, 3.8) is 0 Å². The first-order chi connectivity index (χ1) is 12.6. The van der Waals surface area contributed by atoms with E-state index in [1.165, 1.54) is 5.69 Å². The maximum atomic E-state index is 12.5. The fourth-order valence-electron chi connectivity index (χ4n) is 3.19. The Morgan fingerprint density at radius 1 is 1.00 bits per heavy atom. The fraction of sp³-hybridized carbons (Fsp3) is 0.318. The van der Waals surface area contributed by atoms with Crippen LogP contribution in [-0.4, -0.2) is 56.0 Å². The lowest BCUT2D eigenvalue weighted by Crippen LogP contribution is -2.44. The Labute approximate surface area is 156 Å². The molecule has 0 spiro atoms. The van der Waals surface area contributed by atoms with Crippen LogP contribution in [0.1, 0.15) is 11.1 Å². The molecule has 4 heteroatoms. The maximum absolute atomic E-state index is 12.5. The van der Waals surface area contributed by atoms with Gasteiger partial charge in [-0.15, -0.1) is 0 Å². The smallest absolute Gasteiger partial charge is 0.246 e. The van der Waals surface area contributed by atoms with Crippen LogP contribution in [0.3, 0.4) is 0 Å². The number of hydrogen-bond donors (Lipinski definition) is 0. The van der Waals surface area contributed by atoms with Crippen molar-refractivity contribution in [1.29, 1.82) is 0 Å². The van der Waals surface area contributed by atoms with Crippen LogP contribution in [0.15, 0.2) is 60.7 Å². The largest absolute Gasteiger partial charge is 0.368 e. The van der Waals surface area contributed by atoms with Crippen LogP contribution >= 0.6 is 0 Å². The first-order valence-electron chi connectivity index (χ1n) is 9.13. The second kappa shape index (κ2) is 8.68. The number of piperazine rings is 1. The second-order valence-electron chi connectivity index (χ2n) is 6.86. The van der Waals surface area contributed by atoms with E-state index in [-0.39, 0.29) is 5.91 Å². The molecule has 0 N–H and O–H groups in total. The lowest BCUT2D eigenvalue weighted by Gasteiger charge is -2.34. The molecular weight excluding hydrogens is 322 g/mol. The van der Waals surface area contributed by atoms with E-state index in [0.29, 0.717) is 6.54 Å². The minimum Gasteiger partial charge on any atom is -0.368 e. The van der Waals surface area contributed by atoms with E-state index < -0.39 is 0 Å². The van der Waals surface area contributed by atoms with Crippen molar-refractivity contribution in [1.82, 2.24) is 9.80 Å². The van der Waals surface area contributed by atoms with Gasteiger partial charge in [0, 0.05) is 51.5 Å². The van der Waals surface area contributed by atoms with E-state index in [9.17, 15) is 4.79 Å². The first-order valence-corrected chi connectivity index (χ1v) is 9.13. The average Bonchev–Trinajstić information content (AvgIpc) is 2.68. The number of carbonyl (C=O) groups is 1. The molecule has 136 valence electrons. The van der Waals surface area contributed by atoms with E-state index in [1.807, 2.05) is 49.5 Å². The Bertz CT molecular complexity index is 749. The zero-order valence-electron chi connectivity index (χ0n) is 15.6. The Morgan fingerprint density at radius 3 is 2.38 bits per heavy atom. The van der Waals surface area contributed by atoms with Crippen molar-refractivity contribution in [2.75, 3.05) is 45.2 Å². The van der Waals surface area contributed by atoms with E-state index in [4.69, 9.17) is 0 Å². The molecule has 2 aromatic rings. The number of carbonyl (C=O) groups excluding carboxylic acids is 1. The molecular formula is C22H27N3O. The van der Waals surface area contributed by atoms with Gasteiger partial charge in [-0.05, 0) is 30.3 Å². The molecule has 0 bridgehead atoms. The van der Waals surface area contributed by atoms with Crippen molar-refractivity contribution >= 4 is 17.7 Å². The lowest BCUT2D eigenvalue weighted by atomic mass is 10.1. The van der Waals surface area contributed by atoms with Gasteiger partial charge in [-0.1, -0.05) is 48.5 Å². The van der Waals surface area contributed by atoms with Crippen molar-refractivity contribution in [3.8, 4) is 0 Å². The van der Waals surface area contributed by atoms with Gasteiger partial charge in [-0.2, -0.15) is 0 Å². The fourth-order valence-corrected chi connectivity index (χ4v) is 3.19. The standard InChI is InChI=1S/C22H27N3O/c1-23-14-16-25(17-15-23)21-11-7-6-10-20(21)12-13-22(26)24(2)18-19-8-4-3-5-9-19/h3-13H,14-18H2,1-2H3/b13-12+. The van der Waals surface area contributed by atoms with E-state index in [1.54, 1.807) is 11.0 Å². The monoisotopic (exact) mass is 349 g/mol. The molecule has 0 atom stereocenters. The van der Waals surface area contributed by atoms with Crippen LogP contribution in [0.5, 0.6) is 0 Å². The quantitative estimate of drug-likeness (QED) is 0.776. The van der Waals surface area contributed by atoms with Crippen LogP contribution < -0.4 is 4.90 Å². The van der Waals surface area contributed by atoms with Gasteiger partial charge < -0.3 is 14.7 Å². The normalized spacial score (nSPS) is 15.4. The minimum absolute atomic E-state index is 0.0158. The SMILES string of the molecule is CN1CCN(c2ccccc2/C=C/C(=O)N(C)Cc2ccccc2)CC1. The molecule has 1 amide bonds. The van der Waals surface area contributed by atoms with Crippen molar-refractivity contribution in [2.24, 2.45) is 0 Å². The summed E-state index contributed by atoms with van der Waals surface area (Å²) in [6.45, 7) is 4.78. The van der Waals surface area contributed by atoms with Gasteiger partial charge in [0.1, 0.15) is 0 Å². The Kier molecular flexibility index (Phi) is 6.08. The lowest BCUT2D eigenvalue weighted by molar-refractivity contribution is -0.125. The van der Waals surface area contributed by atoms with Crippen LogP contribution in [0.4, 0.5) is 5.69 Å². The van der Waals surface area contributed by atoms with Crippen LogP contribution in [0.25, 0.3) is 6.08 Å². The topological polar surface area (TPSA) is 26.8 Å². The number of hydrogen-bond acceptors (Lipinski definition) is 3. The molecule has 4 nitrogen and oxygen atoms in total. The molecule has 0 aliphatic carbocycles. The number of rotatable bonds is 5. The summed E-state index contributed by atoms with van der Waals surface area (Å²) in [6.07, 6.45) is 3.62. The number of para-hydroxylation sites is 1. The predicted octanol–water partition coefficient (Wildman–Crippen LogP) is 3.11. The summed E-state index contributed by atoms with van der Waals surface area (Å²) in [7, 11) is 4.00. The van der Waals surface area contributed by atoms with E-state index in [2.05, 4.69) is 35.0 Å². The number of amides is 1. The summed E-state index contributed by atoms with van der Waals surface area (Å²) in [6, 6.07) is 18.4. The summed E-state index contributed by atoms with van der Waals surface area (Å²) >= 11 is 0. The molecule has 3 rings (SSSR count). The van der Waals surface area contributed by atoms with Gasteiger partial charge in [0.25, 0.3) is 0 Å². The van der Waals surface area contributed by atoms with Gasteiger partial charge in [-0.25, -0.2) is 0 Å². The van der Waals surface area contributed by atoms with E-state index >= 15 is 0 Å². The zero-order valence-corrected chi connectivity index (χ0v) is 15.6. The number of nitrogens with zero attached hydrogens (tertiary/aromatic N) is 3. The molecule has 0 radical (unpaired) electrons. The molecule has 1 fully saturated rings. The molecule has 1 saturated heterocycles. The maximum Gasteiger partial charge on any atom is 0.246 e. The van der Waals surface area contributed by atoms with Crippen LogP contribution in [-0.2, 0) is 11.3 Å². The first kappa shape index (κ1) is 18.2. The molecule has 1 aliphatic rings. The van der Waals surface area contributed by atoms with Crippen molar-refractivity contribution < 1.29 is 4.79 Å². The Hall–Kier alpha value is -2.59. The number of benzene rings is 2. The summed E-state index contributed by atoms with van der Waals surface area (Å²) in [5, 5.41) is 0. The highest BCUT2D eigenvalue weighted by Gasteiger charge is 2.16. The predicted molar refractivity (Wildman–Crippen MR) is 108 cm³/mol. The van der Waals surface area contributed by atoms with Gasteiger partial charge in [0.2, 0.25) is 5.91 Å². The Morgan fingerprint density at radius 2 is 1.65 bits per heavy atom. The van der Waals surface area contributed by atoms with Crippen molar-refractivity contribution in [2.45, 2.75) is 6.54 Å². The highest BCUT2D eigenvalue weighted by Crippen LogP contribution is 2.23. The summed E-state index contributed by atoms with van der Waals surface area (Å²) in [5.74, 6) is 0.0158. The Balaban J connectivity index is 1.67. The zero-order chi connectivity index (χ0) is 18.4. The molecule has 1 aliphatic heterocycles. The third-order valence-corrected chi connectivity index (χ3v) is 4.82. The van der Waals surface area contributed by atoms with Gasteiger partial charge in [-0.3, -0.25) is 4.79 Å². The minimum atomic E-state index is 0.0158. The molecule has 2 aromatic carbocycles. The highest BCUT2D eigenvalue weighted by molar-refractivity contribution is 5.92. The van der Waals surface area contributed by atoms with Crippen LogP contribution in [0, 0.1) is 0 Å². The number of anilines is 1. The average molecular weight is 349 g/mol. The molecule has 26 heavy (non-hydrogen) atoms. The molecule has 0 unspecified atom stereocenters. The molecule has 0 saturated carbocycles. The summed E-state index contributed by atoms with van der Waals surface area (Å²) < 4.78 is 0. The third-order valence-electron chi connectivity index (χ3n) is 4.82. The highest BCUT2D eigenvalue weighted by atomic mass is 16.2. The van der Waals surface area contributed by atoms with Crippen molar-refractivity contribution in [3.05, 3.63) is 71.8 Å². The van der Waals surface area contributed by atoms with E-state index in [0.717, 1.165) is 37.3 Å². The summed E-state index contributed by atoms with van der Waals surface area (Å²) in [5.41, 5.74) is 3.43. The third kappa shape index (κ3) is 4.73. The summed E-state index contributed by atoms with van der Waals surface area (Å²) in [4.78, 5) is 19.0. The number of likely N-dealkylation sites (N-methyl/N-ethyl adjacent to an activating group) is 2. The van der Waals surface area contributed by atoms with Gasteiger partial charge >= 0.3 is 0 Å². The molecule has 0 aromatic heterocycles. The van der Waals surface area contributed by atoms with Gasteiger partial charge in [0.15, 0.2) is 0 Å². The molecule has 1 heterocycles. The van der Waals surface area contributed by atoms with Gasteiger partial charge in [0.05, 0.1) is 0 Å². The second-order valence-corrected chi connectivity index (χ2v) is 6.86. The van der Waals surface area contributed by atoms with Crippen LogP contribution in [0.2, 0.25) is 0 Å².